The number of benzene rings is 2. The number of rotatable bonds is 4. The molecule has 0 radical (unpaired) electrons. The number of fused-ring (bicyclic) bond motifs is 1. The van der Waals surface area contributed by atoms with E-state index in [4.69, 9.17) is 0 Å². The minimum atomic E-state index is -0.0890. The van der Waals surface area contributed by atoms with E-state index in [9.17, 15) is 4.79 Å². The van der Waals surface area contributed by atoms with E-state index in [1.54, 1.807) is 0 Å². The van der Waals surface area contributed by atoms with Crippen LogP contribution in [-0.2, 0) is 0 Å². The number of hydrogen-bond donors (Lipinski definition) is 1. The van der Waals surface area contributed by atoms with Crippen LogP contribution < -0.4 is 5.32 Å². The number of hydrogen-bond acceptors (Lipinski definition) is 2. The number of carbonyl (C=O) groups is 1. The molecule has 1 N–H and O–H groups in total. The van der Waals surface area contributed by atoms with Gasteiger partial charge in [-0.2, -0.15) is 0 Å². The highest BCUT2D eigenvalue weighted by Gasteiger charge is 2.32. The van der Waals surface area contributed by atoms with Gasteiger partial charge in [-0.25, -0.2) is 0 Å². The molecule has 22 heavy (non-hydrogen) atoms. The summed E-state index contributed by atoms with van der Waals surface area (Å²) in [6.45, 7) is 5.01. The number of unbranched alkanes of at least 4 members (excludes halogenated alkanes) is 1. The molecule has 0 saturated heterocycles. The first-order valence-electron chi connectivity index (χ1n) is 7.94. The highest BCUT2D eigenvalue weighted by molar-refractivity contribution is 6.01. The third kappa shape index (κ3) is 2.71. The van der Waals surface area contributed by atoms with E-state index in [2.05, 4.69) is 43.4 Å². The van der Waals surface area contributed by atoms with Crippen molar-refractivity contribution in [2.75, 3.05) is 11.9 Å². The van der Waals surface area contributed by atoms with Gasteiger partial charge in [-0.1, -0.05) is 55.3 Å². The number of carbonyl (C=O) groups excluding carboxylic acids is 1. The van der Waals surface area contributed by atoms with Crippen molar-refractivity contribution in [2.45, 2.75) is 32.9 Å². The zero-order valence-corrected chi connectivity index (χ0v) is 13.2. The maximum Gasteiger partial charge on any atom is 0.257 e. The van der Waals surface area contributed by atoms with Gasteiger partial charge in [-0.15, -0.1) is 0 Å². The van der Waals surface area contributed by atoms with Crippen molar-refractivity contribution in [1.82, 2.24) is 4.90 Å². The predicted octanol–water partition coefficient (Wildman–Crippen LogP) is 4.36. The van der Waals surface area contributed by atoms with E-state index in [0.29, 0.717) is 0 Å². The molecular weight excluding hydrogens is 272 g/mol. The van der Waals surface area contributed by atoms with Crippen LogP contribution in [0.3, 0.4) is 0 Å². The fourth-order valence-corrected chi connectivity index (χ4v) is 2.96. The van der Waals surface area contributed by atoms with Crippen LogP contribution in [0.1, 0.15) is 47.4 Å². The molecule has 1 aliphatic heterocycles. The van der Waals surface area contributed by atoms with Crippen LogP contribution in [0.5, 0.6) is 0 Å². The first-order valence-corrected chi connectivity index (χ1v) is 7.94. The average molecular weight is 294 g/mol. The fourth-order valence-electron chi connectivity index (χ4n) is 2.96. The summed E-state index contributed by atoms with van der Waals surface area (Å²) in [4.78, 5) is 14.8. The van der Waals surface area contributed by atoms with Gasteiger partial charge in [0.05, 0.1) is 5.56 Å². The second-order valence-corrected chi connectivity index (χ2v) is 5.86. The Morgan fingerprint density at radius 2 is 1.95 bits per heavy atom. The summed E-state index contributed by atoms with van der Waals surface area (Å²) < 4.78 is 0. The summed E-state index contributed by atoms with van der Waals surface area (Å²) in [5.74, 6) is 0.120. The number of nitrogens with one attached hydrogen (secondary N) is 1. The Balaban J connectivity index is 2.01. The molecule has 1 aliphatic rings. The molecule has 1 heterocycles. The van der Waals surface area contributed by atoms with Gasteiger partial charge >= 0.3 is 0 Å². The molecule has 2 aromatic rings. The predicted molar refractivity (Wildman–Crippen MR) is 89.9 cm³/mol. The van der Waals surface area contributed by atoms with Crippen molar-refractivity contribution < 1.29 is 4.79 Å². The number of para-hydroxylation sites is 1. The van der Waals surface area contributed by atoms with Gasteiger partial charge in [0.15, 0.2) is 0 Å². The molecule has 3 nitrogen and oxygen atoms in total. The van der Waals surface area contributed by atoms with Crippen molar-refractivity contribution in [3.63, 3.8) is 0 Å². The highest BCUT2D eigenvalue weighted by Crippen LogP contribution is 2.33. The number of amides is 1. The van der Waals surface area contributed by atoms with Crippen LogP contribution in [0.2, 0.25) is 0 Å². The van der Waals surface area contributed by atoms with Crippen LogP contribution in [0, 0.1) is 6.92 Å². The van der Waals surface area contributed by atoms with Crippen molar-refractivity contribution in [1.29, 1.82) is 0 Å². The lowest BCUT2D eigenvalue weighted by Crippen LogP contribution is -2.43. The fraction of sp³-hybridized carbons (Fsp3) is 0.316. The number of anilines is 1. The molecule has 0 spiro atoms. The molecule has 0 aromatic heterocycles. The Labute approximate surface area is 132 Å². The Kier molecular flexibility index (Phi) is 4.14. The summed E-state index contributed by atoms with van der Waals surface area (Å²) in [5.41, 5.74) is 4.04. The summed E-state index contributed by atoms with van der Waals surface area (Å²) in [5, 5.41) is 3.53. The number of nitrogens with zero attached hydrogens (tertiary/aromatic N) is 1. The molecule has 0 aliphatic carbocycles. The summed E-state index contributed by atoms with van der Waals surface area (Å²) in [6, 6.07) is 16.1. The third-order valence-electron chi connectivity index (χ3n) is 4.13. The van der Waals surface area contributed by atoms with E-state index in [1.165, 1.54) is 5.56 Å². The maximum atomic E-state index is 12.9. The van der Waals surface area contributed by atoms with Crippen molar-refractivity contribution in [2.24, 2.45) is 0 Å². The molecule has 1 unspecified atom stereocenters. The molecule has 3 heteroatoms. The van der Waals surface area contributed by atoms with Crippen molar-refractivity contribution in [3.8, 4) is 0 Å². The van der Waals surface area contributed by atoms with Gasteiger partial charge in [-0.3, -0.25) is 4.79 Å². The van der Waals surface area contributed by atoms with Gasteiger partial charge in [-0.05, 0) is 31.0 Å². The minimum Gasteiger partial charge on any atom is -0.361 e. The first-order chi connectivity index (χ1) is 10.7. The van der Waals surface area contributed by atoms with Crippen molar-refractivity contribution >= 4 is 11.6 Å². The van der Waals surface area contributed by atoms with E-state index in [-0.39, 0.29) is 12.1 Å². The van der Waals surface area contributed by atoms with Gasteiger partial charge in [0.25, 0.3) is 5.91 Å². The smallest absolute Gasteiger partial charge is 0.257 e. The zero-order valence-electron chi connectivity index (χ0n) is 13.2. The lowest BCUT2D eigenvalue weighted by molar-refractivity contribution is 0.0680. The second-order valence-electron chi connectivity index (χ2n) is 5.86. The van der Waals surface area contributed by atoms with Crippen molar-refractivity contribution in [3.05, 3.63) is 65.2 Å². The molecule has 1 atom stereocenters. The van der Waals surface area contributed by atoms with Gasteiger partial charge < -0.3 is 10.2 Å². The van der Waals surface area contributed by atoms with Gasteiger partial charge in [0, 0.05) is 12.2 Å². The highest BCUT2D eigenvalue weighted by atomic mass is 16.2. The third-order valence-corrected chi connectivity index (χ3v) is 4.13. The van der Waals surface area contributed by atoms with Crippen LogP contribution in [0.4, 0.5) is 5.69 Å². The molecular formula is C19H22N2O. The van der Waals surface area contributed by atoms with Crippen LogP contribution >= 0.6 is 0 Å². The summed E-state index contributed by atoms with van der Waals surface area (Å²) >= 11 is 0. The lowest BCUT2D eigenvalue weighted by atomic mass is 10.0. The van der Waals surface area contributed by atoms with Gasteiger partial charge in [0.1, 0.15) is 6.17 Å². The normalized spacial score (nSPS) is 17.1. The van der Waals surface area contributed by atoms with Crippen LogP contribution in [-0.4, -0.2) is 17.4 Å². The van der Waals surface area contributed by atoms with E-state index in [1.807, 2.05) is 29.2 Å². The molecule has 114 valence electrons. The Morgan fingerprint density at radius 1 is 1.14 bits per heavy atom. The zero-order chi connectivity index (χ0) is 15.5. The quantitative estimate of drug-likeness (QED) is 0.908. The minimum absolute atomic E-state index is 0.0890. The SMILES string of the molecule is CCCCN1C(=O)c2ccccc2NC1c1cccc(C)c1. The topological polar surface area (TPSA) is 32.3 Å². The molecule has 0 bridgehead atoms. The molecule has 0 fully saturated rings. The second kappa shape index (κ2) is 6.22. The number of aryl methyl sites for hydroxylation is 1. The lowest BCUT2D eigenvalue weighted by Gasteiger charge is -2.38. The van der Waals surface area contributed by atoms with Crippen LogP contribution in [0.15, 0.2) is 48.5 Å². The average Bonchev–Trinajstić information content (AvgIpc) is 2.54. The summed E-state index contributed by atoms with van der Waals surface area (Å²) in [6.07, 6.45) is 2.00. The molecule has 1 amide bonds. The monoisotopic (exact) mass is 294 g/mol. The Morgan fingerprint density at radius 3 is 2.73 bits per heavy atom. The van der Waals surface area contributed by atoms with Crippen LogP contribution in [0.25, 0.3) is 0 Å². The molecule has 3 rings (SSSR count). The standard InChI is InChI=1S/C19H22N2O/c1-3-4-12-21-18(15-9-7-8-14(2)13-15)20-17-11-6-5-10-16(17)19(21)22/h5-11,13,18,20H,3-4,12H2,1-2H3. The maximum absolute atomic E-state index is 12.9. The first kappa shape index (κ1) is 14.6. The Bertz CT molecular complexity index is 681. The van der Waals surface area contributed by atoms with Gasteiger partial charge in [0.2, 0.25) is 0 Å². The largest absolute Gasteiger partial charge is 0.361 e. The van der Waals surface area contributed by atoms with E-state index >= 15 is 0 Å². The molecule has 2 aromatic carbocycles. The molecule has 0 saturated carbocycles. The van der Waals surface area contributed by atoms with E-state index < -0.39 is 0 Å². The summed E-state index contributed by atoms with van der Waals surface area (Å²) in [7, 11) is 0. The van der Waals surface area contributed by atoms with E-state index in [0.717, 1.165) is 36.2 Å². The Hall–Kier alpha value is -2.29.